The minimum Gasteiger partial charge on any atom is -0.388 e. The standard InChI is InChI=1S/C14H12Cl2O/c15-12-7-5-10(6-8-12)14(17)9-11-3-1-2-4-13(11)16/h1-8,14,17H,9H2. The SMILES string of the molecule is OC(Cc1ccccc1Cl)c1ccc(Cl)cc1. The summed E-state index contributed by atoms with van der Waals surface area (Å²) >= 11 is 11.8. The summed E-state index contributed by atoms with van der Waals surface area (Å²) in [4.78, 5) is 0. The highest BCUT2D eigenvalue weighted by Gasteiger charge is 2.10. The summed E-state index contributed by atoms with van der Waals surface area (Å²) in [5.74, 6) is 0. The van der Waals surface area contributed by atoms with E-state index in [1.807, 2.05) is 36.4 Å². The second kappa shape index (κ2) is 5.54. The molecule has 0 amide bonds. The van der Waals surface area contributed by atoms with Crippen molar-refractivity contribution in [3.05, 3.63) is 69.7 Å². The Morgan fingerprint density at radius 3 is 2.24 bits per heavy atom. The molecule has 1 unspecified atom stereocenters. The summed E-state index contributed by atoms with van der Waals surface area (Å²) in [6, 6.07) is 14.7. The summed E-state index contributed by atoms with van der Waals surface area (Å²) < 4.78 is 0. The number of aliphatic hydroxyl groups is 1. The van der Waals surface area contributed by atoms with Crippen LogP contribution in [0, 0.1) is 0 Å². The van der Waals surface area contributed by atoms with E-state index in [9.17, 15) is 5.11 Å². The van der Waals surface area contributed by atoms with Crippen molar-refractivity contribution in [1.82, 2.24) is 0 Å². The molecule has 0 aliphatic heterocycles. The number of hydrogen-bond acceptors (Lipinski definition) is 1. The fourth-order valence-electron chi connectivity index (χ4n) is 1.68. The second-order valence-corrected chi connectivity index (χ2v) is 4.71. The normalized spacial score (nSPS) is 12.4. The van der Waals surface area contributed by atoms with Crippen LogP contribution >= 0.6 is 23.2 Å². The molecule has 17 heavy (non-hydrogen) atoms. The largest absolute Gasteiger partial charge is 0.388 e. The van der Waals surface area contributed by atoms with Gasteiger partial charge < -0.3 is 5.11 Å². The molecule has 2 aromatic carbocycles. The number of hydrogen-bond donors (Lipinski definition) is 1. The van der Waals surface area contributed by atoms with E-state index in [1.165, 1.54) is 0 Å². The maximum absolute atomic E-state index is 10.1. The Bertz CT molecular complexity index is 494. The van der Waals surface area contributed by atoms with Crippen LogP contribution in [-0.2, 0) is 6.42 Å². The summed E-state index contributed by atoms with van der Waals surface area (Å²) in [5.41, 5.74) is 1.78. The summed E-state index contributed by atoms with van der Waals surface area (Å²) in [6.07, 6.45) is -0.0615. The van der Waals surface area contributed by atoms with Crippen molar-refractivity contribution in [2.45, 2.75) is 12.5 Å². The van der Waals surface area contributed by atoms with Gasteiger partial charge in [-0.25, -0.2) is 0 Å². The Morgan fingerprint density at radius 2 is 1.59 bits per heavy atom. The van der Waals surface area contributed by atoms with Crippen LogP contribution in [-0.4, -0.2) is 5.11 Å². The Hall–Kier alpha value is -1.02. The zero-order valence-electron chi connectivity index (χ0n) is 9.11. The maximum atomic E-state index is 10.1. The van der Waals surface area contributed by atoms with Crippen LogP contribution in [0.1, 0.15) is 17.2 Å². The fourth-order valence-corrected chi connectivity index (χ4v) is 2.01. The van der Waals surface area contributed by atoms with Crippen LogP contribution in [0.3, 0.4) is 0 Å². The van der Waals surface area contributed by atoms with E-state index >= 15 is 0 Å². The van der Waals surface area contributed by atoms with Crippen LogP contribution < -0.4 is 0 Å². The van der Waals surface area contributed by atoms with Crippen molar-refractivity contribution in [3.8, 4) is 0 Å². The Kier molecular flexibility index (Phi) is 4.06. The number of aliphatic hydroxyl groups excluding tert-OH is 1. The highest BCUT2D eigenvalue weighted by molar-refractivity contribution is 6.31. The molecule has 0 heterocycles. The van der Waals surface area contributed by atoms with E-state index < -0.39 is 6.10 Å². The van der Waals surface area contributed by atoms with Gasteiger partial charge in [0.05, 0.1) is 6.10 Å². The molecule has 0 aliphatic rings. The summed E-state index contributed by atoms with van der Waals surface area (Å²) in [7, 11) is 0. The van der Waals surface area contributed by atoms with Crippen LogP contribution in [0.2, 0.25) is 10.0 Å². The number of halogens is 2. The molecule has 1 N–H and O–H groups in total. The van der Waals surface area contributed by atoms with Gasteiger partial charge in [-0.05, 0) is 29.3 Å². The summed E-state index contributed by atoms with van der Waals surface area (Å²) in [6.45, 7) is 0. The maximum Gasteiger partial charge on any atom is 0.0830 e. The molecule has 0 fully saturated rings. The number of benzene rings is 2. The predicted octanol–water partition coefficient (Wildman–Crippen LogP) is 4.27. The molecular weight excluding hydrogens is 255 g/mol. The second-order valence-electron chi connectivity index (χ2n) is 3.86. The average Bonchev–Trinajstić information content (AvgIpc) is 2.33. The highest BCUT2D eigenvalue weighted by atomic mass is 35.5. The van der Waals surface area contributed by atoms with E-state index in [-0.39, 0.29) is 0 Å². The molecule has 0 aromatic heterocycles. The third-order valence-corrected chi connectivity index (χ3v) is 3.25. The Labute approximate surface area is 111 Å². The first kappa shape index (κ1) is 12.4. The monoisotopic (exact) mass is 266 g/mol. The van der Waals surface area contributed by atoms with Crippen molar-refractivity contribution in [3.63, 3.8) is 0 Å². The van der Waals surface area contributed by atoms with Crippen molar-refractivity contribution >= 4 is 23.2 Å². The molecule has 1 atom stereocenters. The van der Waals surface area contributed by atoms with Crippen LogP contribution in [0.5, 0.6) is 0 Å². The summed E-state index contributed by atoms with van der Waals surface area (Å²) in [5, 5.41) is 11.4. The van der Waals surface area contributed by atoms with E-state index in [4.69, 9.17) is 23.2 Å². The van der Waals surface area contributed by atoms with E-state index in [2.05, 4.69) is 0 Å². The lowest BCUT2D eigenvalue weighted by Gasteiger charge is -2.12. The van der Waals surface area contributed by atoms with Gasteiger partial charge in [-0.15, -0.1) is 0 Å². The molecule has 0 radical (unpaired) electrons. The smallest absolute Gasteiger partial charge is 0.0830 e. The quantitative estimate of drug-likeness (QED) is 0.880. The average molecular weight is 267 g/mol. The van der Waals surface area contributed by atoms with Crippen molar-refractivity contribution < 1.29 is 5.11 Å². The molecular formula is C14H12Cl2O. The molecule has 0 saturated carbocycles. The predicted molar refractivity (Wildman–Crippen MR) is 71.6 cm³/mol. The first-order valence-electron chi connectivity index (χ1n) is 5.34. The van der Waals surface area contributed by atoms with Crippen molar-refractivity contribution in [2.75, 3.05) is 0 Å². The fraction of sp³-hybridized carbons (Fsp3) is 0.143. The van der Waals surface area contributed by atoms with Crippen molar-refractivity contribution in [1.29, 1.82) is 0 Å². The van der Waals surface area contributed by atoms with Gasteiger partial charge in [-0.3, -0.25) is 0 Å². The lowest BCUT2D eigenvalue weighted by Crippen LogP contribution is -2.01. The third kappa shape index (κ3) is 3.22. The van der Waals surface area contributed by atoms with Gasteiger partial charge in [-0.1, -0.05) is 53.5 Å². The molecule has 2 aromatic rings. The molecule has 0 bridgehead atoms. The van der Waals surface area contributed by atoms with Crippen LogP contribution in [0.4, 0.5) is 0 Å². The zero-order chi connectivity index (χ0) is 12.3. The Morgan fingerprint density at radius 1 is 0.941 bits per heavy atom. The molecule has 0 saturated heterocycles. The third-order valence-electron chi connectivity index (χ3n) is 2.63. The van der Waals surface area contributed by atoms with Gasteiger partial charge in [0.15, 0.2) is 0 Å². The van der Waals surface area contributed by atoms with Gasteiger partial charge in [0.2, 0.25) is 0 Å². The lowest BCUT2D eigenvalue weighted by atomic mass is 10.0. The van der Waals surface area contributed by atoms with Gasteiger partial charge >= 0.3 is 0 Å². The molecule has 0 spiro atoms. The first-order valence-corrected chi connectivity index (χ1v) is 6.09. The van der Waals surface area contributed by atoms with Crippen molar-refractivity contribution in [2.24, 2.45) is 0 Å². The molecule has 3 heteroatoms. The topological polar surface area (TPSA) is 20.2 Å². The van der Waals surface area contributed by atoms with Gasteiger partial charge in [0.25, 0.3) is 0 Å². The zero-order valence-corrected chi connectivity index (χ0v) is 10.6. The molecule has 2 rings (SSSR count). The minimum absolute atomic E-state index is 0.501. The van der Waals surface area contributed by atoms with Gasteiger partial charge in [-0.2, -0.15) is 0 Å². The van der Waals surface area contributed by atoms with Crippen LogP contribution in [0.25, 0.3) is 0 Å². The molecule has 0 aliphatic carbocycles. The van der Waals surface area contributed by atoms with Gasteiger partial charge in [0, 0.05) is 16.5 Å². The van der Waals surface area contributed by atoms with E-state index in [0.29, 0.717) is 16.5 Å². The lowest BCUT2D eigenvalue weighted by molar-refractivity contribution is 0.178. The Balaban J connectivity index is 2.14. The van der Waals surface area contributed by atoms with E-state index in [1.54, 1.807) is 12.1 Å². The van der Waals surface area contributed by atoms with E-state index in [0.717, 1.165) is 11.1 Å². The molecule has 88 valence electrons. The number of rotatable bonds is 3. The highest BCUT2D eigenvalue weighted by Crippen LogP contribution is 2.24. The molecule has 1 nitrogen and oxygen atoms in total. The first-order chi connectivity index (χ1) is 8.16. The van der Waals surface area contributed by atoms with Crippen LogP contribution in [0.15, 0.2) is 48.5 Å². The minimum atomic E-state index is -0.563. The van der Waals surface area contributed by atoms with Gasteiger partial charge in [0.1, 0.15) is 0 Å².